The largest absolute Gasteiger partial charge is 0.416 e. The van der Waals surface area contributed by atoms with E-state index < -0.39 is 17.8 Å². The van der Waals surface area contributed by atoms with Gasteiger partial charge in [-0.25, -0.2) is 14.8 Å². The van der Waals surface area contributed by atoms with Gasteiger partial charge >= 0.3 is 12.2 Å². The van der Waals surface area contributed by atoms with E-state index in [9.17, 15) is 18.0 Å². The number of urea groups is 1. The monoisotopic (exact) mass is 389 g/mol. The third-order valence-corrected chi connectivity index (χ3v) is 3.18. The number of rotatable bonds is 5. The van der Waals surface area contributed by atoms with Crippen LogP contribution in [0.4, 0.5) is 23.7 Å². The van der Waals surface area contributed by atoms with Gasteiger partial charge < -0.3 is 15.5 Å². The smallest absolute Gasteiger partial charge is 0.310 e. The highest BCUT2D eigenvalue weighted by Gasteiger charge is 2.33. The zero-order valence-electron chi connectivity index (χ0n) is 14.5. The summed E-state index contributed by atoms with van der Waals surface area (Å²) in [4.78, 5) is 20.6. The van der Waals surface area contributed by atoms with Crippen LogP contribution in [0, 0.1) is 0 Å². The van der Waals surface area contributed by atoms with E-state index in [2.05, 4.69) is 27.3 Å². The highest BCUT2D eigenvalue weighted by atomic mass is 35.5. The zero-order chi connectivity index (χ0) is 19.9. The second-order valence-corrected chi connectivity index (χ2v) is 5.89. The van der Waals surface area contributed by atoms with Gasteiger partial charge in [-0.2, -0.15) is 13.2 Å². The summed E-state index contributed by atoms with van der Waals surface area (Å²) in [7, 11) is 3.34. The minimum atomic E-state index is -4.53. The van der Waals surface area contributed by atoms with Gasteiger partial charge in [0.05, 0.1) is 5.56 Å². The average molecular weight is 390 g/mol. The number of amides is 2. The van der Waals surface area contributed by atoms with Crippen LogP contribution in [0.1, 0.15) is 18.1 Å². The lowest BCUT2D eigenvalue weighted by Crippen LogP contribution is -2.27. The number of carbonyl (C=O) groups is 1. The number of anilines is 1. The standard InChI is InChI=1S/C16H19ClF3N5O/c1-10(8-22-14(17)21-2)23-15(26)24-12-6-5-11(9-25(3)4)13(7-12)16(18,19)20/h5-8H,2,9H2,1,3-4H3,(H2,23,24,26)/b10-8+,22-14-. The molecule has 26 heavy (non-hydrogen) atoms. The Labute approximate surface area is 154 Å². The van der Waals surface area contributed by atoms with Crippen LogP contribution in [-0.4, -0.2) is 37.0 Å². The molecule has 0 saturated carbocycles. The van der Waals surface area contributed by atoms with Crippen molar-refractivity contribution >= 4 is 35.3 Å². The van der Waals surface area contributed by atoms with E-state index in [1.54, 1.807) is 19.0 Å². The molecule has 1 rings (SSSR count). The maximum atomic E-state index is 13.2. The van der Waals surface area contributed by atoms with Crippen molar-refractivity contribution in [2.24, 2.45) is 9.98 Å². The first-order valence-corrected chi connectivity index (χ1v) is 7.70. The Bertz CT molecular complexity index is 729. The quantitative estimate of drug-likeness (QED) is 0.453. The average Bonchev–Trinajstić information content (AvgIpc) is 2.52. The number of allylic oxidation sites excluding steroid dienone is 1. The van der Waals surface area contributed by atoms with Crippen LogP contribution in [0.5, 0.6) is 0 Å². The summed E-state index contributed by atoms with van der Waals surface area (Å²) in [5.74, 6) is 0. The van der Waals surface area contributed by atoms with E-state index in [1.807, 2.05) is 0 Å². The molecule has 1 aromatic carbocycles. The predicted molar refractivity (Wildman–Crippen MR) is 97.6 cm³/mol. The third kappa shape index (κ3) is 7.24. The van der Waals surface area contributed by atoms with Gasteiger partial charge in [0, 0.05) is 24.1 Å². The number of halogens is 4. The maximum Gasteiger partial charge on any atom is 0.416 e. The number of nitrogens with one attached hydrogen (secondary N) is 2. The second kappa shape index (κ2) is 9.35. The lowest BCUT2D eigenvalue weighted by Gasteiger charge is -2.18. The van der Waals surface area contributed by atoms with Crippen LogP contribution in [0.25, 0.3) is 0 Å². The number of carbonyl (C=O) groups excluding carboxylic acids is 1. The van der Waals surface area contributed by atoms with Crippen LogP contribution < -0.4 is 10.6 Å². The van der Waals surface area contributed by atoms with Crippen molar-refractivity contribution in [2.45, 2.75) is 19.6 Å². The molecular formula is C16H19ClF3N5O. The molecule has 0 aromatic heterocycles. The van der Waals surface area contributed by atoms with Gasteiger partial charge in [-0.1, -0.05) is 6.07 Å². The molecular weight excluding hydrogens is 371 g/mol. The van der Waals surface area contributed by atoms with E-state index >= 15 is 0 Å². The Balaban J connectivity index is 2.93. The van der Waals surface area contributed by atoms with Gasteiger partial charge in [0.15, 0.2) is 0 Å². The fourth-order valence-corrected chi connectivity index (χ4v) is 2.01. The van der Waals surface area contributed by atoms with Crippen LogP contribution in [-0.2, 0) is 12.7 Å². The Hall–Kier alpha value is -2.39. The fourth-order valence-electron chi connectivity index (χ4n) is 1.96. The van der Waals surface area contributed by atoms with E-state index in [4.69, 9.17) is 11.6 Å². The molecule has 0 saturated heterocycles. The first-order chi connectivity index (χ1) is 12.0. The van der Waals surface area contributed by atoms with Gasteiger partial charge in [-0.05, 0) is 57.0 Å². The van der Waals surface area contributed by atoms with Crippen LogP contribution in [0.2, 0.25) is 0 Å². The molecule has 0 heterocycles. The number of amidine groups is 1. The van der Waals surface area contributed by atoms with Crippen molar-refractivity contribution in [2.75, 3.05) is 19.4 Å². The highest BCUT2D eigenvalue weighted by molar-refractivity contribution is 6.65. The molecule has 0 aliphatic rings. The molecule has 0 aliphatic carbocycles. The Morgan fingerprint density at radius 2 is 2.04 bits per heavy atom. The third-order valence-electron chi connectivity index (χ3n) is 2.97. The predicted octanol–water partition coefficient (Wildman–Crippen LogP) is 4.05. The number of nitrogens with zero attached hydrogens (tertiary/aromatic N) is 3. The molecule has 6 nitrogen and oxygen atoms in total. The minimum absolute atomic E-state index is 0.0134. The molecule has 2 amide bonds. The zero-order valence-corrected chi connectivity index (χ0v) is 15.2. The summed E-state index contributed by atoms with van der Waals surface area (Å²) in [6, 6.07) is 2.92. The lowest BCUT2D eigenvalue weighted by atomic mass is 10.1. The van der Waals surface area contributed by atoms with Crippen molar-refractivity contribution in [3.8, 4) is 0 Å². The Morgan fingerprint density at radius 1 is 1.38 bits per heavy atom. The molecule has 0 fully saturated rings. The second-order valence-electron chi connectivity index (χ2n) is 5.55. The normalized spacial score (nSPS) is 12.9. The molecule has 0 atom stereocenters. The number of benzene rings is 1. The summed E-state index contributed by atoms with van der Waals surface area (Å²) in [6.07, 6.45) is -3.30. The first-order valence-electron chi connectivity index (χ1n) is 7.32. The molecule has 0 radical (unpaired) electrons. The van der Waals surface area contributed by atoms with Gasteiger partial charge in [0.25, 0.3) is 0 Å². The molecule has 2 N–H and O–H groups in total. The SMILES string of the molecule is C=N/C(Cl)=N\C=C(/C)NC(=O)Nc1ccc(CN(C)C)c(C(F)(F)F)c1. The Morgan fingerprint density at radius 3 is 2.58 bits per heavy atom. The Kier molecular flexibility index (Phi) is 7.78. The number of aliphatic imine (C=N–C) groups is 2. The summed E-state index contributed by atoms with van der Waals surface area (Å²) < 4.78 is 39.7. The molecule has 0 spiro atoms. The van der Waals surface area contributed by atoms with E-state index in [0.29, 0.717) is 5.70 Å². The fraction of sp³-hybridized carbons (Fsp3) is 0.312. The van der Waals surface area contributed by atoms with E-state index in [0.717, 1.165) is 6.07 Å². The van der Waals surface area contributed by atoms with Crippen LogP contribution >= 0.6 is 11.6 Å². The molecule has 0 unspecified atom stereocenters. The van der Waals surface area contributed by atoms with Gasteiger partial charge in [0.2, 0.25) is 5.29 Å². The number of hydrogen-bond donors (Lipinski definition) is 2. The highest BCUT2D eigenvalue weighted by Crippen LogP contribution is 2.34. The number of hydrogen-bond acceptors (Lipinski definition) is 3. The molecule has 1 aromatic rings. The number of alkyl halides is 3. The summed E-state index contributed by atoms with van der Waals surface area (Å²) >= 11 is 5.52. The molecule has 142 valence electrons. The van der Waals surface area contributed by atoms with Crippen molar-refractivity contribution in [1.29, 1.82) is 0 Å². The minimum Gasteiger partial charge on any atom is -0.310 e. The molecule has 0 aliphatic heterocycles. The van der Waals surface area contributed by atoms with Gasteiger partial charge in [0.1, 0.15) is 0 Å². The summed E-state index contributed by atoms with van der Waals surface area (Å²) in [5, 5.41) is 4.64. The summed E-state index contributed by atoms with van der Waals surface area (Å²) in [5.41, 5.74) is -0.362. The van der Waals surface area contributed by atoms with Crippen LogP contribution in [0.3, 0.4) is 0 Å². The van der Waals surface area contributed by atoms with E-state index in [1.165, 1.54) is 25.3 Å². The maximum absolute atomic E-state index is 13.2. The lowest BCUT2D eigenvalue weighted by molar-refractivity contribution is -0.138. The van der Waals surface area contributed by atoms with Gasteiger partial charge in [-0.15, -0.1) is 0 Å². The molecule has 0 bridgehead atoms. The van der Waals surface area contributed by atoms with Gasteiger partial charge in [-0.3, -0.25) is 0 Å². The van der Waals surface area contributed by atoms with Crippen molar-refractivity contribution in [3.63, 3.8) is 0 Å². The van der Waals surface area contributed by atoms with Crippen LogP contribution in [0.15, 0.2) is 40.1 Å². The van der Waals surface area contributed by atoms with Crippen molar-refractivity contribution in [1.82, 2.24) is 10.2 Å². The van der Waals surface area contributed by atoms with E-state index in [-0.39, 0.29) is 23.1 Å². The van der Waals surface area contributed by atoms with Crippen molar-refractivity contribution in [3.05, 3.63) is 41.2 Å². The topological polar surface area (TPSA) is 69.1 Å². The first kappa shape index (κ1) is 21.7. The molecule has 10 heteroatoms. The summed E-state index contributed by atoms with van der Waals surface area (Å²) in [6.45, 7) is 4.82. The van der Waals surface area contributed by atoms with Crippen molar-refractivity contribution < 1.29 is 18.0 Å².